The van der Waals surface area contributed by atoms with E-state index >= 15 is 0 Å². The molecule has 0 N–H and O–H groups in total. The largest absolute Gasteiger partial charge is 0.0656 e. The van der Waals surface area contributed by atoms with E-state index < -0.39 is 0 Å². The fourth-order valence-corrected chi connectivity index (χ4v) is 8.90. The van der Waals surface area contributed by atoms with Gasteiger partial charge in [0.05, 0.1) is 0 Å². The number of hydrogen-bond acceptors (Lipinski definition) is 0. The Labute approximate surface area is 446 Å². The van der Waals surface area contributed by atoms with Crippen molar-refractivity contribution in [2.45, 2.75) is 159 Å². The van der Waals surface area contributed by atoms with Crippen molar-refractivity contribution >= 4 is 21.5 Å². The maximum Gasteiger partial charge on any atom is -0.0120 e. The molecule has 0 unspecified atom stereocenters. The molecule has 384 valence electrons. The average molecular weight is 970 g/mol. The summed E-state index contributed by atoms with van der Waals surface area (Å²) in [5.74, 6) is 0. The van der Waals surface area contributed by atoms with Crippen LogP contribution < -0.4 is 0 Å². The molecule has 0 nitrogen and oxygen atoms in total. The molecule has 0 aromatic heterocycles. The molecule has 9 aromatic carbocycles. The normalized spacial score (nSPS) is 10.1. The van der Waals surface area contributed by atoms with Crippen molar-refractivity contribution in [1.29, 1.82) is 0 Å². The molecule has 0 fully saturated rings. The zero-order chi connectivity index (χ0) is 54.7. The molecule has 0 amide bonds. The summed E-state index contributed by atoms with van der Waals surface area (Å²) in [6, 6.07) is 52.2. The first-order chi connectivity index (χ1) is 34.4. The van der Waals surface area contributed by atoms with Crippen molar-refractivity contribution in [1.82, 2.24) is 0 Å². The fourth-order valence-electron chi connectivity index (χ4n) is 8.90. The lowest BCUT2D eigenvalue weighted by Crippen LogP contribution is -1.93. The van der Waals surface area contributed by atoms with Crippen LogP contribution in [0.1, 0.15) is 132 Å². The van der Waals surface area contributed by atoms with Crippen LogP contribution in [0.2, 0.25) is 0 Å². The third-order valence-electron chi connectivity index (χ3n) is 14.2. The van der Waals surface area contributed by atoms with E-state index in [0.717, 1.165) is 0 Å². The summed E-state index contributed by atoms with van der Waals surface area (Å²) in [5.41, 5.74) is 30.3. The second kappa shape index (κ2) is 29.3. The van der Waals surface area contributed by atoms with Crippen molar-refractivity contribution in [3.63, 3.8) is 0 Å². The van der Waals surface area contributed by atoms with Crippen LogP contribution in [0.15, 0.2) is 146 Å². The smallest absolute Gasteiger partial charge is 0.0120 e. The zero-order valence-corrected chi connectivity index (χ0v) is 49.6. The number of hydrogen-bond donors (Lipinski definition) is 0. The molecule has 9 rings (SSSR count). The predicted molar refractivity (Wildman–Crippen MR) is 330 cm³/mol. The van der Waals surface area contributed by atoms with Gasteiger partial charge in [-0.25, -0.2) is 0 Å². The molecule has 73 heavy (non-hydrogen) atoms. The third kappa shape index (κ3) is 17.9. The molecule has 0 saturated carbocycles. The first-order valence-corrected chi connectivity index (χ1v) is 26.6. The lowest BCUT2D eigenvalue weighted by atomic mass is 9.90. The Kier molecular flexibility index (Phi) is 24.4. The summed E-state index contributed by atoms with van der Waals surface area (Å²) in [6.07, 6.45) is 1.25. The molecule has 0 heteroatoms. The fraction of sp³-hybridized carbons (Fsp3) is 0.315. The van der Waals surface area contributed by atoms with Crippen LogP contribution in [0, 0.1) is 138 Å². The van der Waals surface area contributed by atoms with E-state index in [4.69, 9.17) is 0 Å². The molecule has 0 aliphatic rings. The maximum atomic E-state index is 2.27. The van der Waals surface area contributed by atoms with Gasteiger partial charge in [0.1, 0.15) is 0 Å². The lowest BCUT2D eigenvalue weighted by molar-refractivity contribution is 1.09. The highest BCUT2D eigenvalue weighted by molar-refractivity contribution is 5.93. The van der Waals surface area contributed by atoms with Crippen LogP contribution in [0.4, 0.5) is 0 Å². The van der Waals surface area contributed by atoms with Gasteiger partial charge in [-0.1, -0.05) is 166 Å². The standard InChI is InChI=1S/C16H18.2C14H16.C10H14.2C8H10.C3H8/c1-11-7-5-8-12(2)15(11)16-13(3)9-6-10-14(16)4;1-9-5-13-7-11(3)12(4)8-14(13)6-10(9)2;1-9-5-6-11(3)14-12(4)8-7-10(2)13(9)14;1-7-5-9(3)10(4)6-8(7)2;2*1-7-5-3-4-6-8(7)2;1-3-2/h5-10H,1-4H3;2*5-8H,1-4H3;5-6H,1-4H3;2*3-6H,1-2H3;3H2,1-2H3. The molecule has 0 aliphatic heterocycles. The van der Waals surface area contributed by atoms with Gasteiger partial charge < -0.3 is 0 Å². The van der Waals surface area contributed by atoms with Gasteiger partial charge in [0, 0.05) is 0 Å². The molecule has 0 aliphatic carbocycles. The Hall–Kier alpha value is -6.50. The van der Waals surface area contributed by atoms with Crippen LogP contribution in [0.3, 0.4) is 0 Å². The molecule has 0 atom stereocenters. The minimum atomic E-state index is 1.25. The Morgan fingerprint density at radius 1 is 0.192 bits per heavy atom. The van der Waals surface area contributed by atoms with Crippen LogP contribution in [0.25, 0.3) is 32.7 Å². The van der Waals surface area contributed by atoms with Gasteiger partial charge in [-0.15, -0.1) is 0 Å². The minimum absolute atomic E-state index is 1.25. The molecular weight excluding hydrogens is 877 g/mol. The second-order valence-corrected chi connectivity index (χ2v) is 20.8. The maximum absolute atomic E-state index is 2.27. The monoisotopic (exact) mass is 969 g/mol. The van der Waals surface area contributed by atoms with Crippen molar-refractivity contribution in [3.8, 4) is 11.1 Å². The highest BCUT2D eigenvalue weighted by Crippen LogP contribution is 2.33. The number of aryl methyl sites for hydroxylation is 20. The van der Waals surface area contributed by atoms with E-state index in [9.17, 15) is 0 Å². The van der Waals surface area contributed by atoms with Gasteiger partial charge in [0.15, 0.2) is 0 Å². The van der Waals surface area contributed by atoms with E-state index in [0.29, 0.717) is 0 Å². The van der Waals surface area contributed by atoms with Crippen molar-refractivity contribution in [3.05, 3.63) is 257 Å². The van der Waals surface area contributed by atoms with E-state index in [1.54, 1.807) is 0 Å². The summed E-state index contributed by atoms with van der Waals surface area (Å²) in [6.45, 7) is 47.5. The van der Waals surface area contributed by atoms with Crippen molar-refractivity contribution < 1.29 is 0 Å². The molecule has 0 spiro atoms. The molecule has 0 radical (unpaired) electrons. The van der Waals surface area contributed by atoms with Gasteiger partial charge in [-0.05, 0) is 282 Å². The van der Waals surface area contributed by atoms with Crippen molar-refractivity contribution in [2.75, 3.05) is 0 Å². The average Bonchev–Trinajstić information content (AvgIpc) is 3.33. The predicted octanol–water partition coefficient (Wildman–Crippen LogP) is 21.7. The second-order valence-electron chi connectivity index (χ2n) is 20.8. The molecule has 0 heterocycles. The molecule has 0 bridgehead atoms. The van der Waals surface area contributed by atoms with Crippen molar-refractivity contribution in [2.24, 2.45) is 0 Å². The van der Waals surface area contributed by atoms with Crippen LogP contribution in [-0.2, 0) is 0 Å². The highest BCUT2D eigenvalue weighted by Gasteiger charge is 2.10. The SMILES string of the molecule is CCC.Cc1cc(C)c(C)cc1C.Cc1cc2cc(C)c(C)cc2cc1C.Cc1ccc(C)c2c(C)ccc(C)c12.Cc1cccc(C)c1-c1c(C)cccc1C.Cc1ccccc1C.Cc1ccccc1C. The lowest BCUT2D eigenvalue weighted by Gasteiger charge is -2.15. The van der Waals surface area contributed by atoms with E-state index in [1.807, 2.05) is 0 Å². The number of rotatable bonds is 1. The third-order valence-corrected chi connectivity index (χ3v) is 14.2. The highest BCUT2D eigenvalue weighted by atomic mass is 14.1. The summed E-state index contributed by atoms with van der Waals surface area (Å²) < 4.78 is 0. The van der Waals surface area contributed by atoms with Gasteiger partial charge in [0.25, 0.3) is 0 Å². The zero-order valence-electron chi connectivity index (χ0n) is 49.6. The number of fused-ring (bicyclic) bond motifs is 2. The Balaban J connectivity index is 0.000000233. The Bertz CT molecular complexity index is 2800. The molecule has 9 aromatic rings. The van der Waals surface area contributed by atoms with E-state index in [2.05, 4.69) is 298 Å². The van der Waals surface area contributed by atoms with E-state index in [-0.39, 0.29) is 0 Å². The summed E-state index contributed by atoms with van der Waals surface area (Å²) >= 11 is 0. The topological polar surface area (TPSA) is 0 Å². The molecule has 0 saturated heterocycles. The Morgan fingerprint density at radius 3 is 0.562 bits per heavy atom. The van der Waals surface area contributed by atoms with Gasteiger partial charge in [-0.3, -0.25) is 0 Å². The molecular formula is C73H92. The summed E-state index contributed by atoms with van der Waals surface area (Å²) in [7, 11) is 0. The number of benzene rings is 9. The van der Waals surface area contributed by atoms with Gasteiger partial charge >= 0.3 is 0 Å². The van der Waals surface area contributed by atoms with Crippen LogP contribution in [0.5, 0.6) is 0 Å². The van der Waals surface area contributed by atoms with Crippen LogP contribution >= 0.6 is 0 Å². The van der Waals surface area contributed by atoms with Gasteiger partial charge in [0.2, 0.25) is 0 Å². The summed E-state index contributed by atoms with van der Waals surface area (Å²) in [4.78, 5) is 0. The first-order valence-electron chi connectivity index (χ1n) is 26.6. The van der Waals surface area contributed by atoms with E-state index in [1.165, 1.54) is 150 Å². The quantitative estimate of drug-likeness (QED) is 0.154. The van der Waals surface area contributed by atoms with Crippen LogP contribution in [-0.4, -0.2) is 0 Å². The first kappa shape index (κ1) is 60.8. The summed E-state index contributed by atoms with van der Waals surface area (Å²) in [5, 5.41) is 5.59. The Morgan fingerprint density at radius 2 is 0.370 bits per heavy atom. The van der Waals surface area contributed by atoms with Gasteiger partial charge in [-0.2, -0.15) is 0 Å². The minimum Gasteiger partial charge on any atom is -0.0656 e.